The van der Waals surface area contributed by atoms with Gasteiger partial charge in [0.2, 0.25) is 21.7 Å². The maximum absolute atomic E-state index is 12.6. The Labute approximate surface area is 192 Å². The Morgan fingerprint density at radius 1 is 0.970 bits per heavy atom. The first kappa shape index (κ1) is 24.1. The second kappa shape index (κ2) is 10.8. The molecule has 0 fully saturated rings. The highest BCUT2D eigenvalue weighted by Gasteiger charge is 2.24. The van der Waals surface area contributed by atoms with Gasteiger partial charge in [0, 0.05) is 25.3 Å². The van der Waals surface area contributed by atoms with E-state index in [1.165, 1.54) is 22.8 Å². The van der Waals surface area contributed by atoms with Crippen LogP contribution in [0.25, 0.3) is 0 Å². The van der Waals surface area contributed by atoms with Crippen LogP contribution in [0.5, 0.6) is 0 Å². The molecule has 2 aromatic carbocycles. The van der Waals surface area contributed by atoms with E-state index in [9.17, 15) is 18.5 Å². The van der Waals surface area contributed by atoms with Crippen LogP contribution in [-0.4, -0.2) is 47.2 Å². The molecule has 3 rings (SSSR count). The fourth-order valence-electron chi connectivity index (χ4n) is 3.30. The van der Waals surface area contributed by atoms with Crippen molar-refractivity contribution in [1.29, 1.82) is 0 Å². The van der Waals surface area contributed by atoms with Crippen LogP contribution in [0.2, 0.25) is 0 Å². The largest absolute Gasteiger partial charge is 0.364 e. The normalized spacial score (nSPS) is 11.4. The van der Waals surface area contributed by atoms with Gasteiger partial charge in [0.25, 0.3) is 0 Å². The standard InChI is InChI=1S/C22H26N6O4S/c1-3-27(4-2)33(31,32)19-12-10-18(11-13-19)26-22-20(28(29)30)21(24-16-25-22)23-15-14-17-8-6-5-7-9-17/h5-13,16H,3-4,14-15H2,1-2H3,(H2,23,24,25,26). The van der Waals surface area contributed by atoms with Gasteiger partial charge in [-0.1, -0.05) is 44.2 Å². The molecule has 174 valence electrons. The SMILES string of the molecule is CCN(CC)S(=O)(=O)c1ccc(Nc2ncnc(NCCc3ccccc3)c2[N+](=O)[O-])cc1. The maximum Gasteiger partial charge on any atom is 0.353 e. The molecule has 1 aromatic heterocycles. The summed E-state index contributed by atoms with van der Waals surface area (Å²) in [7, 11) is -3.59. The van der Waals surface area contributed by atoms with E-state index in [0.29, 0.717) is 31.7 Å². The molecular formula is C22H26N6O4S. The molecule has 0 atom stereocenters. The lowest BCUT2D eigenvalue weighted by Crippen LogP contribution is -2.30. The van der Waals surface area contributed by atoms with E-state index in [1.54, 1.807) is 26.0 Å². The third-order valence-electron chi connectivity index (χ3n) is 5.01. The lowest BCUT2D eigenvalue weighted by molar-refractivity contribution is -0.383. The minimum Gasteiger partial charge on any atom is -0.364 e. The van der Waals surface area contributed by atoms with E-state index in [-0.39, 0.29) is 22.2 Å². The number of nitrogens with one attached hydrogen (secondary N) is 2. The second-order valence-corrected chi connectivity index (χ2v) is 9.02. The number of anilines is 3. The Morgan fingerprint density at radius 3 is 2.21 bits per heavy atom. The fraction of sp³-hybridized carbons (Fsp3) is 0.273. The Kier molecular flexibility index (Phi) is 7.91. The summed E-state index contributed by atoms with van der Waals surface area (Å²) in [6, 6.07) is 15.8. The summed E-state index contributed by atoms with van der Waals surface area (Å²) < 4.78 is 26.6. The predicted molar refractivity (Wildman–Crippen MR) is 127 cm³/mol. The minimum atomic E-state index is -3.59. The zero-order valence-electron chi connectivity index (χ0n) is 18.4. The molecular weight excluding hydrogens is 444 g/mol. The van der Waals surface area contributed by atoms with Crippen LogP contribution in [0.15, 0.2) is 65.8 Å². The highest BCUT2D eigenvalue weighted by atomic mass is 32.2. The van der Waals surface area contributed by atoms with Gasteiger partial charge >= 0.3 is 5.69 Å². The van der Waals surface area contributed by atoms with Gasteiger partial charge < -0.3 is 10.6 Å². The third kappa shape index (κ3) is 5.82. The van der Waals surface area contributed by atoms with Crippen molar-refractivity contribution in [1.82, 2.24) is 14.3 Å². The molecule has 0 aliphatic carbocycles. The van der Waals surface area contributed by atoms with Crippen LogP contribution >= 0.6 is 0 Å². The number of benzene rings is 2. The van der Waals surface area contributed by atoms with Gasteiger partial charge in [0.15, 0.2) is 0 Å². The summed E-state index contributed by atoms with van der Waals surface area (Å²) >= 11 is 0. The van der Waals surface area contributed by atoms with Gasteiger partial charge in [0.05, 0.1) is 9.82 Å². The number of nitro groups is 1. The molecule has 0 spiro atoms. The number of nitrogens with zero attached hydrogens (tertiary/aromatic N) is 4. The first-order chi connectivity index (χ1) is 15.9. The van der Waals surface area contributed by atoms with E-state index in [1.807, 2.05) is 30.3 Å². The summed E-state index contributed by atoms with van der Waals surface area (Å²) in [5, 5.41) is 17.7. The van der Waals surface area contributed by atoms with Crippen LogP contribution in [0, 0.1) is 10.1 Å². The van der Waals surface area contributed by atoms with Crippen molar-refractivity contribution in [2.45, 2.75) is 25.2 Å². The number of hydrogen-bond acceptors (Lipinski definition) is 8. The first-order valence-corrected chi connectivity index (χ1v) is 11.9. The quantitative estimate of drug-likeness (QED) is 0.319. The highest BCUT2D eigenvalue weighted by Crippen LogP contribution is 2.31. The van der Waals surface area contributed by atoms with Crippen molar-refractivity contribution in [2.75, 3.05) is 30.3 Å². The molecule has 1 heterocycles. The van der Waals surface area contributed by atoms with Gasteiger partial charge in [-0.25, -0.2) is 18.4 Å². The van der Waals surface area contributed by atoms with Gasteiger partial charge in [-0.3, -0.25) is 10.1 Å². The summed E-state index contributed by atoms with van der Waals surface area (Å²) in [5.74, 6) is 0.116. The van der Waals surface area contributed by atoms with Gasteiger partial charge in [-0.2, -0.15) is 4.31 Å². The third-order valence-corrected chi connectivity index (χ3v) is 7.08. The summed E-state index contributed by atoms with van der Waals surface area (Å²) in [6.45, 7) is 4.74. The molecule has 0 unspecified atom stereocenters. The second-order valence-electron chi connectivity index (χ2n) is 7.08. The summed E-state index contributed by atoms with van der Waals surface area (Å²) in [5.41, 5.74) is 1.27. The van der Waals surface area contributed by atoms with Crippen molar-refractivity contribution in [3.05, 3.63) is 76.6 Å². The van der Waals surface area contributed by atoms with Crippen molar-refractivity contribution in [3.63, 3.8) is 0 Å². The Morgan fingerprint density at radius 2 is 1.61 bits per heavy atom. The molecule has 0 bridgehead atoms. The smallest absolute Gasteiger partial charge is 0.353 e. The van der Waals surface area contributed by atoms with Crippen molar-refractivity contribution in [3.8, 4) is 0 Å². The average Bonchev–Trinajstić information content (AvgIpc) is 2.81. The van der Waals surface area contributed by atoms with E-state index in [4.69, 9.17) is 0 Å². The molecule has 0 aliphatic heterocycles. The van der Waals surface area contributed by atoms with E-state index in [0.717, 1.165) is 5.56 Å². The monoisotopic (exact) mass is 470 g/mol. The summed E-state index contributed by atoms with van der Waals surface area (Å²) in [4.78, 5) is 19.4. The Bertz CT molecular complexity index is 1180. The zero-order valence-corrected chi connectivity index (χ0v) is 19.2. The molecule has 0 saturated carbocycles. The van der Waals surface area contributed by atoms with E-state index >= 15 is 0 Å². The molecule has 0 radical (unpaired) electrons. The minimum absolute atomic E-state index is 0.0107. The molecule has 2 N–H and O–H groups in total. The van der Waals surface area contributed by atoms with Gasteiger partial charge in [-0.15, -0.1) is 0 Å². The Balaban J connectivity index is 1.78. The molecule has 3 aromatic rings. The predicted octanol–water partition coefficient (Wildman–Crippen LogP) is 3.81. The van der Waals surface area contributed by atoms with Crippen molar-refractivity contribution < 1.29 is 13.3 Å². The van der Waals surface area contributed by atoms with Crippen LogP contribution < -0.4 is 10.6 Å². The van der Waals surface area contributed by atoms with E-state index < -0.39 is 14.9 Å². The summed E-state index contributed by atoms with van der Waals surface area (Å²) in [6.07, 6.45) is 1.91. The van der Waals surface area contributed by atoms with Gasteiger partial charge in [-0.05, 0) is 36.2 Å². The number of rotatable bonds is 11. The molecule has 10 nitrogen and oxygen atoms in total. The van der Waals surface area contributed by atoms with E-state index in [2.05, 4.69) is 20.6 Å². The number of sulfonamides is 1. The molecule has 33 heavy (non-hydrogen) atoms. The zero-order chi connectivity index (χ0) is 23.8. The van der Waals surface area contributed by atoms with Crippen LogP contribution in [0.1, 0.15) is 19.4 Å². The van der Waals surface area contributed by atoms with Crippen LogP contribution in [0.4, 0.5) is 23.0 Å². The number of hydrogen-bond donors (Lipinski definition) is 2. The maximum atomic E-state index is 12.6. The highest BCUT2D eigenvalue weighted by molar-refractivity contribution is 7.89. The fourth-order valence-corrected chi connectivity index (χ4v) is 4.76. The average molecular weight is 471 g/mol. The van der Waals surface area contributed by atoms with Crippen molar-refractivity contribution >= 4 is 33.0 Å². The molecule has 11 heteroatoms. The molecule has 0 aliphatic rings. The Hall–Kier alpha value is -3.57. The lowest BCUT2D eigenvalue weighted by atomic mass is 10.1. The first-order valence-electron chi connectivity index (χ1n) is 10.5. The topological polar surface area (TPSA) is 130 Å². The lowest BCUT2D eigenvalue weighted by Gasteiger charge is -2.18. The van der Waals surface area contributed by atoms with Gasteiger partial charge in [0.1, 0.15) is 6.33 Å². The number of aromatic nitrogens is 2. The molecule has 0 amide bonds. The van der Waals surface area contributed by atoms with Crippen molar-refractivity contribution in [2.24, 2.45) is 0 Å². The van der Waals surface area contributed by atoms with Crippen LogP contribution in [-0.2, 0) is 16.4 Å². The van der Waals surface area contributed by atoms with Crippen LogP contribution in [0.3, 0.4) is 0 Å². The molecule has 0 saturated heterocycles.